The van der Waals surface area contributed by atoms with Crippen molar-refractivity contribution in [2.45, 2.75) is 43.5 Å². The van der Waals surface area contributed by atoms with Gasteiger partial charge in [-0.25, -0.2) is 0 Å². The lowest BCUT2D eigenvalue weighted by Gasteiger charge is -2.43. The van der Waals surface area contributed by atoms with Crippen LogP contribution in [0.15, 0.2) is 24.3 Å². The molecular weight excluding hydrogens is 347 g/mol. The highest BCUT2D eigenvalue weighted by Gasteiger charge is 2.50. The third kappa shape index (κ3) is 3.60. The molecule has 2 aliphatic carbocycles. The van der Waals surface area contributed by atoms with Crippen LogP contribution in [-0.2, 0) is 20.4 Å². The fourth-order valence-corrected chi connectivity index (χ4v) is 4.00. The first-order valence-corrected chi connectivity index (χ1v) is 9.12. The van der Waals surface area contributed by atoms with Gasteiger partial charge in [0.25, 0.3) is 0 Å². The first kappa shape index (κ1) is 17.8. The van der Waals surface area contributed by atoms with Gasteiger partial charge in [0.15, 0.2) is 0 Å². The van der Waals surface area contributed by atoms with E-state index in [2.05, 4.69) is 4.90 Å². The minimum atomic E-state index is -4.40. The SMILES string of the molecule is O=C(OC1CC(N2CCOCC2)C1)C1CC1c1ccccc1C(F)(F)F. The molecule has 142 valence electrons. The van der Waals surface area contributed by atoms with Crippen molar-refractivity contribution >= 4 is 5.97 Å². The zero-order chi connectivity index (χ0) is 18.3. The minimum absolute atomic E-state index is 0.102. The predicted molar refractivity (Wildman–Crippen MR) is 87.6 cm³/mol. The van der Waals surface area contributed by atoms with Crippen LogP contribution in [0.3, 0.4) is 0 Å². The Hall–Kier alpha value is -1.60. The van der Waals surface area contributed by atoms with Gasteiger partial charge in [-0.3, -0.25) is 9.69 Å². The highest BCUT2D eigenvalue weighted by Crippen LogP contribution is 2.52. The molecule has 3 fully saturated rings. The Labute approximate surface area is 150 Å². The third-order valence-corrected chi connectivity index (χ3v) is 5.67. The first-order valence-electron chi connectivity index (χ1n) is 9.12. The smallest absolute Gasteiger partial charge is 0.416 e. The number of nitrogens with zero attached hydrogens (tertiary/aromatic N) is 1. The molecule has 1 aromatic rings. The number of rotatable bonds is 4. The van der Waals surface area contributed by atoms with Crippen molar-refractivity contribution in [3.05, 3.63) is 35.4 Å². The number of carbonyl (C=O) groups excluding carboxylic acids is 1. The number of ether oxygens (including phenoxy) is 2. The van der Waals surface area contributed by atoms with E-state index in [1.165, 1.54) is 12.1 Å². The van der Waals surface area contributed by atoms with E-state index >= 15 is 0 Å². The summed E-state index contributed by atoms with van der Waals surface area (Å²) in [6, 6.07) is 5.94. The summed E-state index contributed by atoms with van der Waals surface area (Å²) < 4.78 is 50.2. The minimum Gasteiger partial charge on any atom is -0.462 e. The van der Waals surface area contributed by atoms with Crippen molar-refractivity contribution < 1.29 is 27.4 Å². The van der Waals surface area contributed by atoms with Gasteiger partial charge in [0.1, 0.15) is 6.10 Å². The van der Waals surface area contributed by atoms with E-state index < -0.39 is 17.7 Å². The summed E-state index contributed by atoms with van der Waals surface area (Å²) in [7, 11) is 0. The van der Waals surface area contributed by atoms with E-state index in [0.717, 1.165) is 45.2 Å². The van der Waals surface area contributed by atoms with E-state index in [1.807, 2.05) is 0 Å². The van der Waals surface area contributed by atoms with E-state index in [0.29, 0.717) is 12.5 Å². The number of alkyl halides is 3. The number of esters is 1. The molecule has 2 unspecified atom stereocenters. The van der Waals surface area contributed by atoms with Crippen LogP contribution in [-0.4, -0.2) is 49.3 Å². The first-order chi connectivity index (χ1) is 12.4. The van der Waals surface area contributed by atoms with Crippen molar-refractivity contribution in [1.82, 2.24) is 4.90 Å². The van der Waals surface area contributed by atoms with Crippen molar-refractivity contribution in [2.75, 3.05) is 26.3 Å². The van der Waals surface area contributed by atoms with Crippen molar-refractivity contribution in [2.24, 2.45) is 5.92 Å². The average molecular weight is 369 g/mol. The Morgan fingerprint density at radius 1 is 1.12 bits per heavy atom. The molecule has 0 amide bonds. The molecule has 0 spiro atoms. The largest absolute Gasteiger partial charge is 0.462 e. The number of morpholine rings is 1. The maximum Gasteiger partial charge on any atom is 0.416 e. The fraction of sp³-hybridized carbons (Fsp3) is 0.632. The van der Waals surface area contributed by atoms with Crippen molar-refractivity contribution in [1.29, 1.82) is 0 Å². The lowest BCUT2D eigenvalue weighted by molar-refractivity contribution is -0.159. The summed E-state index contributed by atoms with van der Waals surface area (Å²) in [5.74, 6) is -1.17. The Morgan fingerprint density at radius 3 is 2.50 bits per heavy atom. The zero-order valence-electron chi connectivity index (χ0n) is 14.4. The standard InChI is InChI=1S/C19H22F3NO3/c20-19(21,22)17-4-2-1-3-14(17)15-11-16(15)18(24)26-13-9-12(10-13)23-5-7-25-8-6-23/h1-4,12-13,15-16H,5-11H2. The Balaban J connectivity index is 1.29. The molecule has 0 N–H and O–H groups in total. The molecule has 0 radical (unpaired) electrons. The van der Waals surface area contributed by atoms with Crippen LogP contribution >= 0.6 is 0 Å². The van der Waals surface area contributed by atoms with Crippen LogP contribution in [0, 0.1) is 5.92 Å². The second-order valence-electron chi connectivity index (χ2n) is 7.37. The summed E-state index contributed by atoms with van der Waals surface area (Å²) in [4.78, 5) is 14.7. The molecular formula is C19H22F3NO3. The quantitative estimate of drug-likeness (QED) is 0.764. The van der Waals surface area contributed by atoms with E-state index in [1.54, 1.807) is 6.07 Å². The lowest BCUT2D eigenvalue weighted by atomic mass is 9.87. The second-order valence-corrected chi connectivity index (χ2v) is 7.37. The van der Waals surface area contributed by atoms with Gasteiger partial charge in [-0.05, 0) is 24.0 Å². The van der Waals surface area contributed by atoms with Gasteiger partial charge in [0.2, 0.25) is 0 Å². The number of carbonyl (C=O) groups is 1. The van der Waals surface area contributed by atoms with Gasteiger partial charge < -0.3 is 9.47 Å². The molecule has 1 aliphatic heterocycles. The Bertz CT molecular complexity index is 666. The summed E-state index contributed by atoms with van der Waals surface area (Å²) >= 11 is 0. The summed E-state index contributed by atoms with van der Waals surface area (Å²) in [6.07, 6.45) is -2.45. The molecule has 2 atom stereocenters. The highest BCUT2D eigenvalue weighted by molar-refractivity contribution is 5.78. The van der Waals surface area contributed by atoms with Crippen LogP contribution in [0.4, 0.5) is 13.2 Å². The number of halogens is 3. The van der Waals surface area contributed by atoms with Gasteiger partial charge in [-0.2, -0.15) is 13.2 Å². The van der Waals surface area contributed by atoms with E-state index in [9.17, 15) is 18.0 Å². The molecule has 3 aliphatic rings. The molecule has 0 aromatic heterocycles. The fourth-order valence-electron chi connectivity index (χ4n) is 4.00. The zero-order valence-corrected chi connectivity index (χ0v) is 14.4. The van der Waals surface area contributed by atoms with E-state index in [4.69, 9.17) is 9.47 Å². The van der Waals surface area contributed by atoms with Crippen LogP contribution in [0.25, 0.3) is 0 Å². The number of hydrogen-bond acceptors (Lipinski definition) is 4. The van der Waals surface area contributed by atoms with Crippen molar-refractivity contribution in [3.8, 4) is 0 Å². The third-order valence-electron chi connectivity index (χ3n) is 5.67. The number of benzene rings is 1. The van der Waals surface area contributed by atoms with Gasteiger partial charge in [0, 0.05) is 32.0 Å². The molecule has 4 rings (SSSR count). The summed E-state index contributed by atoms with van der Waals surface area (Å²) in [5.41, 5.74) is -0.432. The molecule has 4 nitrogen and oxygen atoms in total. The van der Waals surface area contributed by atoms with Crippen molar-refractivity contribution in [3.63, 3.8) is 0 Å². The van der Waals surface area contributed by atoms with Gasteiger partial charge in [-0.15, -0.1) is 0 Å². The molecule has 7 heteroatoms. The van der Waals surface area contributed by atoms with E-state index in [-0.39, 0.29) is 23.6 Å². The average Bonchev–Trinajstić information content (AvgIpc) is 3.38. The lowest BCUT2D eigenvalue weighted by Crippen LogP contribution is -2.52. The topological polar surface area (TPSA) is 38.8 Å². The molecule has 26 heavy (non-hydrogen) atoms. The maximum atomic E-state index is 13.1. The highest BCUT2D eigenvalue weighted by atomic mass is 19.4. The normalized spacial score (nSPS) is 32.0. The molecule has 2 saturated carbocycles. The van der Waals surface area contributed by atoms with Crippen LogP contribution in [0.1, 0.15) is 36.3 Å². The van der Waals surface area contributed by atoms with Gasteiger partial charge in [0.05, 0.1) is 24.7 Å². The van der Waals surface area contributed by atoms with Crippen LogP contribution in [0.5, 0.6) is 0 Å². The summed E-state index contributed by atoms with van der Waals surface area (Å²) in [6.45, 7) is 3.29. The molecule has 0 bridgehead atoms. The van der Waals surface area contributed by atoms with Gasteiger partial charge in [-0.1, -0.05) is 18.2 Å². The van der Waals surface area contributed by atoms with Gasteiger partial charge >= 0.3 is 12.1 Å². The number of hydrogen-bond donors (Lipinski definition) is 0. The van der Waals surface area contributed by atoms with Crippen LogP contribution in [0.2, 0.25) is 0 Å². The molecule has 1 aromatic carbocycles. The molecule has 1 saturated heterocycles. The maximum absolute atomic E-state index is 13.1. The summed E-state index contributed by atoms with van der Waals surface area (Å²) in [5, 5.41) is 0. The predicted octanol–water partition coefficient (Wildman–Crippen LogP) is 3.22. The monoisotopic (exact) mass is 369 g/mol. The molecule has 1 heterocycles. The Kier molecular flexibility index (Phi) is 4.69. The van der Waals surface area contributed by atoms with Crippen LogP contribution < -0.4 is 0 Å². The Morgan fingerprint density at radius 2 is 1.81 bits per heavy atom. The second kappa shape index (κ2) is 6.85.